The van der Waals surface area contributed by atoms with Crippen LogP contribution in [-0.2, 0) is 0 Å². The van der Waals surface area contributed by atoms with Crippen LogP contribution in [-0.4, -0.2) is 23.1 Å². The molecule has 2 N–H and O–H groups in total. The number of nitrogens with one attached hydrogen (secondary N) is 2. The molecule has 0 radical (unpaired) electrons. The summed E-state index contributed by atoms with van der Waals surface area (Å²) in [7, 11) is 1.51. The Hall–Kier alpha value is -3.17. The molecule has 0 unspecified atom stereocenters. The number of amides is 1. The van der Waals surface area contributed by atoms with Crippen LogP contribution in [0.5, 0.6) is 5.75 Å². The highest BCUT2D eigenvalue weighted by atomic mass is 79.9. The largest absolute Gasteiger partial charge is 0.495 e. The average Bonchev–Trinajstić information content (AvgIpc) is 3.28. The Kier molecular flexibility index (Phi) is 6.85. The summed E-state index contributed by atoms with van der Waals surface area (Å²) in [5, 5.41) is 8.44. The number of hydrogen-bond donors (Lipinski definition) is 2. The number of ether oxygens (including phenoxy) is 1. The smallest absolute Gasteiger partial charge is 0.261 e. The minimum Gasteiger partial charge on any atom is -0.495 e. The van der Waals surface area contributed by atoms with Crippen molar-refractivity contribution in [2.75, 3.05) is 12.4 Å². The van der Waals surface area contributed by atoms with Crippen molar-refractivity contribution in [2.24, 2.45) is 0 Å². The molecule has 1 aromatic heterocycles. The van der Waals surface area contributed by atoms with E-state index in [0.29, 0.717) is 54.1 Å². The molecule has 0 saturated heterocycles. The highest BCUT2D eigenvalue weighted by Gasteiger charge is 2.19. The first kappa shape index (κ1) is 24.5. The minimum absolute atomic E-state index is 0.118. The lowest BCUT2D eigenvalue weighted by molar-refractivity contribution is 0.0975. The zero-order valence-corrected chi connectivity index (χ0v) is 22.5. The number of nitrogens with zero attached hydrogens (tertiary/aromatic N) is 1. The number of anilines is 1. The molecule has 4 aromatic carbocycles. The van der Waals surface area contributed by atoms with Crippen LogP contribution in [0.4, 0.5) is 5.69 Å². The molecule has 180 valence electrons. The standard InChI is InChI=1S/C26H16BrCl2N3O3S/c1-34-23-17(11-13-5-2-3-6-15(13)21(23)27)24(33)32-26(36)30-14-9-10-20-19(12-14)31-25(35-20)16-7-4-8-18(28)22(16)29/h2-12H,1H3,(H2,30,32,33,36). The minimum atomic E-state index is -0.406. The quantitative estimate of drug-likeness (QED) is 0.205. The van der Waals surface area contributed by atoms with Crippen LogP contribution < -0.4 is 15.4 Å². The van der Waals surface area contributed by atoms with Gasteiger partial charge < -0.3 is 14.5 Å². The second kappa shape index (κ2) is 10.1. The molecule has 0 bridgehead atoms. The van der Waals surface area contributed by atoms with Gasteiger partial charge in [-0.15, -0.1) is 0 Å². The third kappa shape index (κ3) is 4.65. The monoisotopic (exact) mass is 599 g/mol. The van der Waals surface area contributed by atoms with E-state index in [1.165, 1.54) is 7.11 Å². The number of thiocarbonyl (C=S) groups is 1. The van der Waals surface area contributed by atoms with Crippen molar-refractivity contribution < 1.29 is 13.9 Å². The van der Waals surface area contributed by atoms with E-state index in [4.69, 9.17) is 44.6 Å². The lowest BCUT2D eigenvalue weighted by Gasteiger charge is -2.14. The van der Waals surface area contributed by atoms with Crippen molar-refractivity contribution >= 4 is 89.9 Å². The maximum Gasteiger partial charge on any atom is 0.261 e. The molecule has 0 atom stereocenters. The number of carbonyl (C=O) groups is 1. The summed E-state index contributed by atoms with van der Waals surface area (Å²) in [6.07, 6.45) is 0. The van der Waals surface area contributed by atoms with Crippen molar-refractivity contribution in [1.82, 2.24) is 10.3 Å². The molecule has 36 heavy (non-hydrogen) atoms. The van der Waals surface area contributed by atoms with E-state index in [9.17, 15) is 4.79 Å². The van der Waals surface area contributed by atoms with Gasteiger partial charge in [-0.3, -0.25) is 10.1 Å². The van der Waals surface area contributed by atoms with Crippen molar-refractivity contribution in [3.8, 4) is 17.2 Å². The Morgan fingerprint density at radius 2 is 1.89 bits per heavy atom. The van der Waals surface area contributed by atoms with Crippen LogP contribution in [0.25, 0.3) is 33.3 Å². The molecule has 0 spiro atoms. The van der Waals surface area contributed by atoms with Crippen LogP contribution in [0.15, 0.2) is 75.6 Å². The number of aromatic nitrogens is 1. The number of fused-ring (bicyclic) bond motifs is 2. The van der Waals surface area contributed by atoms with Gasteiger partial charge >= 0.3 is 0 Å². The van der Waals surface area contributed by atoms with Gasteiger partial charge in [0, 0.05) is 5.69 Å². The van der Waals surface area contributed by atoms with Crippen molar-refractivity contribution in [1.29, 1.82) is 0 Å². The van der Waals surface area contributed by atoms with E-state index in [1.54, 1.807) is 42.5 Å². The molecule has 6 nitrogen and oxygen atoms in total. The Bertz CT molecular complexity index is 1670. The van der Waals surface area contributed by atoms with Gasteiger partial charge in [-0.05, 0) is 75.3 Å². The number of halogens is 3. The van der Waals surface area contributed by atoms with Gasteiger partial charge in [0.25, 0.3) is 5.91 Å². The van der Waals surface area contributed by atoms with Crippen LogP contribution in [0.2, 0.25) is 10.0 Å². The van der Waals surface area contributed by atoms with Gasteiger partial charge in [0.15, 0.2) is 10.7 Å². The second-order valence-corrected chi connectivity index (χ2v) is 9.69. The van der Waals surface area contributed by atoms with E-state index >= 15 is 0 Å². The molecule has 0 aliphatic heterocycles. The second-order valence-electron chi connectivity index (χ2n) is 7.70. The normalized spacial score (nSPS) is 11.0. The van der Waals surface area contributed by atoms with Gasteiger partial charge in [0.05, 0.1) is 32.8 Å². The van der Waals surface area contributed by atoms with Gasteiger partial charge in [-0.2, -0.15) is 0 Å². The number of oxazole rings is 1. The Labute approximate surface area is 229 Å². The SMILES string of the molecule is COc1c(C(=O)NC(=S)Nc2ccc3oc(-c4cccc(Cl)c4Cl)nc3c2)cc2ccccc2c1Br. The maximum atomic E-state index is 13.1. The van der Waals surface area contributed by atoms with Gasteiger partial charge in [0.2, 0.25) is 5.89 Å². The van der Waals surface area contributed by atoms with E-state index in [-0.39, 0.29) is 5.11 Å². The van der Waals surface area contributed by atoms with Gasteiger partial charge in [0.1, 0.15) is 11.3 Å². The Morgan fingerprint density at radius 1 is 1.08 bits per heavy atom. The molecular weight excluding hydrogens is 585 g/mol. The van der Waals surface area contributed by atoms with Crippen molar-refractivity contribution in [3.05, 3.63) is 86.8 Å². The summed E-state index contributed by atoms with van der Waals surface area (Å²) >= 11 is 21.4. The molecular formula is C26H16BrCl2N3O3S. The van der Waals surface area contributed by atoms with E-state index in [2.05, 4.69) is 31.5 Å². The molecule has 0 aliphatic rings. The number of rotatable bonds is 4. The molecule has 1 amide bonds. The third-order valence-electron chi connectivity index (χ3n) is 5.44. The van der Waals surface area contributed by atoms with Crippen molar-refractivity contribution in [3.63, 3.8) is 0 Å². The fourth-order valence-corrected chi connectivity index (χ4v) is 5.10. The fourth-order valence-electron chi connectivity index (χ4n) is 3.77. The summed E-state index contributed by atoms with van der Waals surface area (Å²) in [6, 6.07) is 20.0. The Balaban J connectivity index is 1.36. The van der Waals surface area contributed by atoms with Crippen LogP contribution in [0.1, 0.15) is 10.4 Å². The molecule has 5 aromatic rings. The first-order valence-corrected chi connectivity index (χ1v) is 12.5. The fraction of sp³-hybridized carbons (Fsp3) is 0.0385. The number of benzene rings is 4. The molecule has 10 heteroatoms. The van der Waals surface area contributed by atoms with Crippen LogP contribution in [0, 0.1) is 0 Å². The van der Waals surface area contributed by atoms with Gasteiger partial charge in [-0.25, -0.2) is 4.98 Å². The Morgan fingerprint density at radius 3 is 2.69 bits per heavy atom. The summed E-state index contributed by atoms with van der Waals surface area (Å²) in [4.78, 5) is 17.6. The van der Waals surface area contributed by atoms with Crippen molar-refractivity contribution in [2.45, 2.75) is 0 Å². The van der Waals surface area contributed by atoms with E-state index in [0.717, 1.165) is 10.8 Å². The highest BCUT2D eigenvalue weighted by molar-refractivity contribution is 9.10. The zero-order chi connectivity index (χ0) is 25.4. The van der Waals surface area contributed by atoms with E-state index in [1.807, 2.05) is 24.3 Å². The van der Waals surface area contributed by atoms with Crippen LogP contribution in [0.3, 0.4) is 0 Å². The summed E-state index contributed by atoms with van der Waals surface area (Å²) in [5.41, 5.74) is 2.71. The predicted molar refractivity (Wildman–Crippen MR) is 151 cm³/mol. The molecule has 0 aliphatic carbocycles. The molecule has 5 rings (SSSR count). The lowest BCUT2D eigenvalue weighted by Crippen LogP contribution is -2.34. The number of carbonyl (C=O) groups excluding carboxylic acids is 1. The van der Waals surface area contributed by atoms with Gasteiger partial charge in [-0.1, -0.05) is 53.5 Å². The highest BCUT2D eigenvalue weighted by Crippen LogP contribution is 2.37. The molecule has 0 fully saturated rings. The summed E-state index contributed by atoms with van der Waals surface area (Å²) in [5.74, 6) is 0.362. The average molecular weight is 601 g/mol. The lowest BCUT2D eigenvalue weighted by atomic mass is 10.1. The van der Waals surface area contributed by atoms with E-state index < -0.39 is 5.91 Å². The number of hydrogen-bond acceptors (Lipinski definition) is 5. The first-order chi connectivity index (χ1) is 17.4. The third-order valence-corrected chi connectivity index (χ3v) is 7.25. The number of methoxy groups -OCH3 is 1. The summed E-state index contributed by atoms with van der Waals surface area (Å²) in [6.45, 7) is 0. The molecule has 0 saturated carbocycles. The van der Waals surface area contributed by atoms with Crippen LogP contribution >= 0.6 is 51.3 Å². The summed E-state index contributed by atoms with van der Waals surface area (Å²) < 4.78 is 12.0. The maximum absolute atomic E-state index is 13.1. The first-order valence-electron chi connectivity index (χ1n) is 10.6. The topological polar surface area (TPSA) is 76.4 Å². The molecule has 1 heterocycles. The zero-order valence-electron chi connectivity index (χ0n) is 18.6. The predicted octanol–water partition coefficient (Wildman–Crippen LogP) is 7.85.